The molecule has 1 unspecified atom stereocenters. The molecular formula is C19H19N3O6S. The summed E-state index contributed by atoms with van der Waals surface area (Å²) < 4.78 is 36.8. The Bertz CT molecular complexity index is 1040. The molecule has 0 aliphatic carbocycles. The maximum Gasteiger partial charge on any atom is 0.269 e. The van der Waals surface area contributed by atoms with Gasteiger partial charge in [0.15, 0.2) is 11.5 Å². The monoisotopic (exact) mass is 417 g/mol. The highest BCUT2D eigenvalue weighted by atomic mass is 32.2. The molecule has 2 aromatic rings. The first-order valence-electron chi connectivity index (χ1n) is 8.59. The summed E-state index contributed by atoms with van der Waals surface area (Å²) in [6.07, 6.45) is 1.41. The summed E-state index contributed by atoms with van der Waals surface area (Å²) in [5.41, 5.74) is 5.35. The van der Waals surface area contributed by atoms with E-state index in [0.29, 0.717) is 17.1 Å². The highest BCUT2D eigenvalue weighted by Gasteiger charge is 2.20. The Morgan fingerprint density at radius 2 is 1.76 bits per heavy atom. The van der Waals surface area contributed by atoms with Crippen molar-refractivity contribution in [1.82, 2.24) is 15.6 Å². The van der Waals surface area contributed by atoms with Crippen LogP contribution in [0.4, 0.5) is 0 Å². The molecule has 1 aliphatic heterocycles. The molecule has 0 saturated heterocycles. The third-order valence-electron chi connectivity index (χ3n) is 3.91. The van der Waals surface area contributed by atoms with Gasteiger partial charge in [-0.2, -0.15) is 4.72 Å². The van der Waals surface area contributed by atoms with E-state index in [1.165, 1.54) is 25.1 Å². The van der Waals surface area contributed by atoms with Gasteiger partial charge in [-0.25, -0.2) is 8.42 Å². The topological polar surface area (TPSA) is 123 Å². The highest BCUT2D eigenvalue weighted by Crippen LogP contribution is 2.32. The van der Waals surface area contributed by atoms with E-state index < -0.39 is 27.9 Å². The van der Waals surface area contributed by atoms with Crippen LogP contribution in [0.15, 0.2) is 53.9 Å². The number of fused-ring (bicyclic) bond motifs is 1. The van der Waals surface area contributed by atoms with Crippen LogP contribution in [0.2, 0.25) is 0 Å². The van der Waals surface area contributed by atoms with E-state index in [9.17, 15) is 18.0 Å². The molecule has 29 heavy (non-hydrogen) atoms. The summed E-state index contributed by atoms with van der Waals surface area (Å²) in [4.78, 5) is 24.2. The minimum absolute atomic E-state index is 0.0769. The number of rotatable bonds is 6. The van der Waals surface area contributed by atoms with Crippen LogP contribution in [0.5, 0.6) is 11.5 Å². The van der Waals surface area contributed by atoms with Crippen LogP contribution in [0.3, 0.4) is 0 Å². The fourth-order valence-electron chi connectivity index (χ4n) is 2.41. The van der Waals surface area contributed by atoms with Gasteiger partial charge in [-0.1, -0.05) is 30.3 Å². The Morgan fingerprint density at radius 3 is 2.52 bits per heavy atom. The van der Waals surface area contributed by atoms with Crippen LogP contribution in [0.25, 0.3) is 6.08 Å². The number of hydrazine groups is 1. The normalized spacial score (nSPS) is 13.8. The van der Waals surface area contributed by atoms with Gasteiger partial charge in [0, 0.05) is 11.0 Å². The van der Waals surface area contributed by atoms with Gasteiger partial charge in [-0.05, 0) is 36.8 Å². The van der Waals surface area contributed by atoms with Gasteiger partial charge in [0.25, 0.3) is 11.8 Å². The lowest BCUT2D eigenvalue weighted by molar-refractivity contribution is -0.123. The Balaban J connectivity index is 1.52. The molecule has 10 heteroatoms. The van der Waals surface area contributed by atoms with Crippen LogP contribution >= 0.6 is 0 Å². The molecule has 1 aliphatic rings. The van der Waals surface area contributed by atoms with E-state index in [1.807, 2.05) is 6.07 Å². The van der Waals surface area contributed by atoms with Gasteiger partial charge < -0.3 is 9.47 Å². The van der Waals surface area contributed by atoms with Gasteiger partial charge in [0.05, 0.1) is 6.04 Å². The van der Waals surface area contributed by atoms with Gasteiger partial charge in [-0.3, -0.25) is 20.4 Å². The number of hydrogen-bond acceptors (Lipinski definition) is 6. The summed E-state index contributed by atoms with van der Waals surface area (Å²) in [6, 6.07) is 12.3. The van der Waals surface area contributed by atoms with Crippen molar-refractivity contribution < 1.29 is 27.5 Å². The van der Waals surface area contributed by atoms with Crippen molar-refractivity contribution in [3.8, 4) is 11.5 Å². The molecule has 0 saturated carbocycles. The van der Waals surface area contributed by atoms with Gasteiger partial charge in [0.2, 0.25) is 16.8 Å². The smallest absolute Gasteiger partial charge is 0.269 e. The molecular weight excluding hydrogens is 398 g/mol. The van der Waals surface area contributed by atoms with E-state index in [4.69, 9.17) is 9.47 Å². The molecule has 3 N–H and O–H groups in total. The molecule has 2 aromatic carbocycles. The second-order valence-electron chi connectivity index (χ2n) is 6.11. The van der Waals surface area contributed by atoms with Crippen LogP contribution in [-0.2, 0) is 14.8 Å². The number of nitrogens with one attached hydrogen (secondary N) is 3. The van der Waals surface area contributed by atoms with E-state index in [0.717, 1.165) is 5.41 Å². The first kappa shape index (κ1) is 20.4. The largest absolute Gasteiger partial charge is 0.454 e. The first-order valence-corrected chi connectivity index (χ1v) is 10.1. The molecule has 0 radical (unpaired) electrons. The Kier molecular flexibility index (Phi) is 6.15. The van der Waals surface area contributed by atoms with Crippen molar-refractivity contribution in [3.05, 3.63) is 65.1 Å². The van der Waals surface area contributed by atoms with Crippen molar-refractivity contribution in [2.45, 2.75) is 13.0 Å². The van der Waals surface area contributed by atoms with Crippen molar-refractivity contribution in [1.29, 1.82) is 0 Å². The fourth-order valence-corrected chi connectivity index (χ4v) is 3.42. The number of amides is 2. The number of ether oxygens (including phenoxy) is 2. The Labute approximate surface area is 167 Å². The molecule has 3 rings (SSSR count). The van der Waals surface area contributed by atoms with Crippen molar-refractivity contribution in [2.24, 2.45) is 0 Å². The lowest BCUT2D eigenvalue weighted by atomic mass is 10.2. The predicted molar refractivity (Wildman–Crippen MR) is 105 cm³/mol. The third-order valence-corrected chi connectivity index (χ3v) is 5.08. The average Bonchev–Trinajstić information content (AvgIpc) is 3.18. The molecule has 0 fully saturated rings. The highest BCUT2D eigenvalue weighted by molar-refractivity contribution is 7.92. The van der Waals surface area contributed by atoms with Crippen LogP contribution in [0, 0.1) is 0 Å². The van der Waals surface area contributed by atoms with E-state index in [2.05, 4.69) is 15.6 Å². The van der Waals surface area contributed by atoms with Crippen LogP contribution < -0.4 is 25.0 Å². The minimum atomic E-state index is -3.86. The molecule has 0 bridgehead atoms. The zero-order valence-electron chi connectivity index (χ0n) is 15.4. The SMILES string of the molecule is CC(NS(=O)(=O)/C=C/c1ccccc1)C(=O)NNC(=O)c1ccc2c(c1)OCO2. The summed E-state index contributed by atoms with van der Waals surface area (Å²) in [5, 5.41) is 0.970. The summed E-state index contributed by atoms with van der Waals surface area (Å²) in [5.74, 6) is -0.362. The Hall–Kier alpha value is -3.37. The maximum atomic E-state index is 12.1. The van der Waals surface area contributed by atoms with E-state index >= 15 is 0 Å². The molecule has 152 valence electrons. The molecule has 2 amide bonds. The maximum absolute atomic E-state index is 12.1. The number of carbonyl (C=O) groups excluding carboxylic acids is 2. The second kappa shape index (κ2) is 8.76. The van der Waals surface area contributed by atoms with Crippen LogP contribution in [-0.4, -0.2) is 33.1 Å². The van der Waals surface area contributed by atoms with Crippen LogP contribution in [0.1, 0.15) is 22.8 Å². The average molecular weight is 417 g/mol. The van der Waals surface area contributed by atoms with E-state index in [1.54, 1.807) is 30.3 Å². The summed E-state index contributed by atoms with van der Waals surface area (Å²) >= 11 is 0. The second-order valence-corrected chi connectivity index (χ2v) is 7.71. The summed E-state index contributed by atoms with van der Waals surface area (Å²) in [6.45, 7) is 1.43. The summed E-state index contributed by atoms with van der Waals surface area (Å²) in [7, 11) is -3.86. The molecule has 0 aromatic heterocycles. The zero-order valence-corrected chi connectivity index (χ0v) is 16.2. The molecule has 0 spiro atoms. The molecule has 1 heterocycles. The fraction of sp³-hybridized carbons (Fsp3) is 0.158. The van der Waals surface area contributed by atoms with Gasteiger partial charge in [0.1, 0.15) is 0 Å². The lowest BCUT2D eigenvalue weighted by Gasteiger charge is -2.13. The minimum Gasteiger partial charge on any atom is -0.454 e. The van der Waals surface area contributed by atoms with Crippen molar-refractivity contribution in [3.63, 3.8) is 0 Å². The number of benzene rings is 2. The van der Waals surface area contributed by atoms with Gasteiger partial charge >= 0.3 is 0 Å². The standard InChI is InChI=1S/C19H19N3O6S/c1-13(22-29(25,26)10-9-14-5-3-2-4-6-14)18(23)20-21-19(24)15-7-8-16-17(11-15)28-12-27-16/h2-11,13,22H,12H2,1H3,(H,20,23)(H,21,24)/b10-9+. The third kappa shape index (κ3) is 5.56. The number of hydrogen-bond donors (Lipinski definition) is 3. The van der Waals surface area contributed by atoms with Crippen molar-refractivity contribution in [2.75, 3.05) is 6.79 Å². The first-order chi connectivity index (χ1) is 13.8. The quantitative estimate of drug-likeness (QED) is 0.606. The number of sulfonamides is 1. The van der Waals surface area contributed by atoms with Gasteiger partial charge in [-0.15, -0.1) is 0 Å². The Morgan fingerprint density at radius 1 is 1.03 bits per heavy atom. The van der Waals surface area contributed by atoms with E-state index in [-0.39, 0.29) is 12.4 Å². The number of carbonyl (C=O) groups is 2. The molecule has 1 atom stereocenters. The van der Waals surface area contributed by atoms with Crippen molar-refractivity contribution >= 4 is 27.9 Å². The predicted octanol–water partition coefficient (Wildman–Crippen LogP) is 1.16. The molecule has 9 nitrogen and oxygen atoms in total. The lowest BCUT2D eigenvalue weighted by Crippen LogP contribution is -2.50. The zero-order chi connectivity index (χ0) is 20.9.